The fraction of sp³-hybridized carbons (Fsp3) is 0.600. The van der Waals surface area contributed by atoms with Crippen LogP contribution >= 0.6 is 0 Å². The van der Waals surface area contributed by atoms with Crippen molar-refractivity contribution in [3.05, 3.63) is 17.0 Å². The van der Waals surface area contributed by atoms with Gasteiger partial charge in [0.25, 0.3) is 0 Å². The molecule has 0 aliphatic heterocycles. The average Bonchev–Trinajstić information content (AvgIpc) is 2.45. The number of carbonyl (C=O) groups excluding carboxylic acids is 1. The summed E-state index contributed by atoms with van der Waals surface area (Å²) < 4.78 is 1.87. The number of aryl methyl sites for hydroxylation is 1. The number of amides is 1. The lowest BCUT2D eigenvalue weighted by molar-refractivity contribution is -0.121. The van der Waals surface area contributed by atoms with Crippen molar-refractivity contribution < 1.29 is 4.79 Å². The van der Waals surface area contributed by atoms with Crippen LogP contribution in [0, 0.1) is 20.8 Å². The monoisotopic (exact) mass is 210 g/mol. The van der Waals surface area contributed by atoms with Gasteiger partial charge in [-0.3, -0.25) is 14.9 Å². The van der Waals surface area contributed by atoms with Crippen LogP contribution in [0.3, 0.4) is 0 Å². The molecule has 0 spiro atoms. The molecule has 1 rings (SSSR count). The van der Waals surface area contributed by atoms with Crippen LogP contribution < -0.4 is 11.3 Å². The van der Waals surface area contributed by atoms with Crippen molar-refractivity contribution in [2.45, 2.75) is 40.2 Å². The van der Waals surface area contributed by atoms with E-state index in [-0.39, 0.29) is 11.9 Å². The molecule has 1 heterocycles. The van der Waals surface area contributed by atoms with E-state index in [0.717, 1.165) is 11.4 Å². The minimum absolute atomic E-state index is 0.0287. The number of aromatic nitrogens is 2. The van der Waals surface area contributed by atoms with Crippen LogP contribution in [-0.2, 0) is 4.79 Å². The zero-order chi connectivity index (χ0) is 11.6. The first-order chi connectivity index (χ1) is 6.97. The number of nitrogens with two attached hydrogens (primary N) is 1. The highest BCUT2D eigenvalue weighted by molar-refractivity contribution is 5.75. The molecule has 5 heteroatoms. The van der Waals surface area contributed by atoms with Crippen molar-refractivity contribution in [1.29, 1.82) is 0 Å². The van der Waals surface area contributed by atoms with Crippen LogP contribution in [0.5, 0.6) is 0 Å². The van der Waals surface area contributed by atoms with Crippen LogP contribution in [0.15, 0.2) is 0 Å². The van der Waals surface area contributed by atoms with E-state index in [1.807, 2.05) is 32.4 Å². The summed E-state index contributed by atoms with van der Waals surface area (Å²) in [5.41, 5.74) is 5.41. The van der Waals surface area contributed by atoms with Gasteiger partial charge in [-0.25, -0.2) is 5.84 Å². The quantitative estimate of drug-likeness (QED) is 0.439. The van der Waals surface area contributed by atoms with Gasteiger partial charge in [-0.15, -0.1) is 0 Å². The van der Waals surface area contributed by atoms with Crippen LogP contribution in [-0.4, -0.2) is 15.7 Å². The first kappa shape index (κ1) is 11.7. The minimum atomic E-state index is -0.173. The summed E-state index contributed by atoms with van der Waals surface area (Å²) in [5.74, 6) is 4.87. The highest BCUT2D eigenvalue weighted by Crippen LogP contribution is 2.18. The van der Waals surface area contributed by atoms with E-state index < -0.39 is 0 Å². The van der Waals surface area contributed by atoms with E-state index in [0.29, 0.717) is 6.42 Å². The Balaban J connectivity index is 2.87. The van der Waals surface area contributed by atoms with Crippen molar-refractivity contribution in [3.8, 4) is 0 Å². The van der Waals surface area contributed by atoms with Gasteiger partial charge in [-0.1, -0.05) is 0 Å². The summed E-state index contributed by atoms with van der Waals surface area (Å²) in [7, 11) is 0. The maximum Gasteiger partial charge on any atom is 0.236 e. The Labute approximate surface area is 89.6 Å². The highest BCUT2D eigenvalue weighted by Gasteiger charge is 2.15. The van der Waals surface area contributed by atoms with Gasteiger partial charge in [0.05, 0.1) is 18.2 Å². The van der Waals surface area contributed by atoms with Crippen LogP contribution in [0.25, 0.3) is 0 Å². The minimum Gasteiger partial charge on any atom is -0.294 e. The Bertz CT molecular complexity index is 370. The summed E-state index contributed by atoms with van der Waals surface area (Å²) in [4.78, 5) is 11.1. The molecule has 5 nitrogen and oxygen atoms in total. The van der Waals surface area contributed by atoms with Gasteiger partial charge < -0.3 is 0 Å². The van der Waals surface area contributed by atoms with Gasteiger partial charge in [0, 0.05) is 5.69 Å². The Morgan fingerprint density at radius 1 is 1.53 bits per heavy atom. The zero-order valence-corrected chi connectivity index (χ0v) is 9.66. The number of hydrogen-bond donors (Lipinski definition) is 2. The molecule has 84 valence electrons. The molecule has 3 N–H and O–H groups in total. The van der Waals surface area contributed by atoms with Gasteiger partial charge in [-0.05, 0) is 33.3 Å². The summed E-state index contributed by atoms with van der Waals surface area (Å²) in [5, 5.41) is 4.39. The van der Waals surface area contributed by atoms with E-state index in [1.54, 1.807) is 0 Å². The smallest absolute Gasteiger partial charge is 0.236 e. The molecule has 0 radical (unpaired) electrons. The standard InChI is InChI=1S/C10H18N4O/c1-6(5-10(15)12-11)14-9(4)7(2)8(3)13-14/h6H,5,11H2,1-4H3,(H,12,15). The van der Waals surface area contributed by atoms with Crippen LogP contribution in [0.1, 0.15) is 36.3 Å². The molecule has 1 amide bonds. The summed E-state index contributed by atoms with van der Waals surface area (Å²) in [6.45, 7) is 7.96. The first-order valence-corrected chi connectivity index (χ1v) is 4.99. The van der Waals surface area contributed by atoms with Gasteiger partial charge in [0.2, 0.25) is 5.91 Å². The predicted octanol–water partition coefficient (Wildman–Crippen LogP) is 0.749. The molecular formula is C10H18N4O. The molecular weight excluding hydrogens is 192 g/mol. The van der Waals surface area contributed by atoms with E-state index in [4.69, 9.17) is 5.84 Å². The fourth-order valence-corrected chi connectivity index (χ4v) is 1.59. The average molecular weight is 210 g/mol. The van der Waals surface area contributed by atoms with E-state index in [2.05, 4.69) is 10.5 Å². The van der Waals surface area contributed by atoms with Gasteiger partial charge in [-0.2, -0.15) is 5.10 Å². The second kappa shape index (κ2) is 4.44. The highest BCUT2D eigenvalue weighted by atomic mass is 16.2. The Kier molecular flexibility index (Phi) is 3.47. The number of rotatable bonds is 3. The van der Waals surface area contributed by atoms with Crippen LogP contribution in [0.4, 0.5) is 0 Å². The van der Waals surface area contributed by atoms with E-state index in [1.165, 1.54) is 5.56 Å². The number of carbonyl (C=O) groups is 1. The zero-order valence-electron chi connectivity index (χ0n) is 9.66. The van der Waals surface area contributed by atoms with Crippen LogP contribution in [0.2, 0.25) is 0 Å². The SMILES string of the molecule is Cc1nn(C(C)CC(=O)NN)c(C)c1C. The molecule has 1 unspecified atom stereocenters. The fourth-order valence-electron chi connectivity index (χ4n) is 1.59. The van der Waals surface area contributed by atoms with Crippen molar-refractivity contribution in [2.75, 3.05) is 0 Å². The molecule has 1 aromatic rings. The lowest BCUT2D eigenvalue weighted by Crippen LogP contribution is -2.31. The third kappa shape index (κ3) is 2.36. The summed E-state index contributed by atoms with van der Waals surface area (Å²) in [6.07, 6.45) is 0.345. The Morgan fingerprint density at radius 3 is 2.53 bits per heavy atom. The molecule has 0 aliphatic carbocycles. The number of hydrogen-bond acceptors (Lipinski definition) is 3. The molecule has 0 aliphatic rings. The number of nitrogens with one attached hydrogen (secondary N) is 1. The molecule has 1 atom stereocenters. The maximum absolute atomic E-state index is 11.1. The number of nitrogens with zero attached hydrogens (tertiary/aromatic N) is 2. The number of hydrazine groups is 1. The largest absolute Gasteiger partial charge is 0.294 e. The molecule has 0 aromatic carbocycles. The molecule has 0 saturated carbocycles. The Morgan fingerprint density at radius 2 is 2.13 bits per heavy atom. The van der Waals surface area contributed by atoms with Crippen molar-refractivity contribution >= 4 is 5.91 Å². The maximum atomic E-state index is 11.1. The molecule has 0 fully saturated rings. The lowest BCUT2D eigenvalue weighted by Gasteiger charge is -2.13. The van der Waals surface area contributed by atoms with Gasteiger partial charge >= 0.3 is 0 Å². The summed E-state index contributed by atoms with van der Waals surface area (Å²) in [6, 6.07) is 0.0287. The molecule has 0 saturated heterocycles. The normalized spacial score (nSPS) is 12.6. The second-order valence-electron chi connectivity index (χ2n) is 3.86. The van der Waals surface area contributed by atoms with E-state index in [9.17, 15) is 4.79 Å². The van der Waals surface area contributed by atoms with E-state index >= 15 is 0 Å². The third-order valence-electron chi connectivity index (χ3n) is 2.75. The van der Waals surface area contributed by atoms with Gasteiger partial charge in [0.15, 0.2) is 0 Å². The topological polar surface area (TPSA) is 72.9 Å². The lowest BCUT2D eigenvalue weighted by atomic mass is 10.2. The van der Waals surface area contributed by atoms with Crippen molar-refractivity contribution in [2.24, 2.45) is 5.84 Å². The molecule has 15 heavy (non-hydrogen) atoms. The van der Waals surface area contributed by atoms with Crippen molar-refractivity contribution in [3.63, 3.8) is 0 Å². The molecule has 1 aromatic heterocycles. The summed E-state index contributed by atoms with van der Waals surface area (Å²) >= 11 is 0. The third-order valence-corrected chi connectivity index (χ3v) is 2.75. The molecule has 0 bridgehead atoms. The Hall–Kier alpha value is -1.36. The predicted molar refractivity (Wildman–Crippen MR) is 58.1 cm³/mol. The van der Waals surface area contributed by atoms with Gasteiger partial charge in [0.1, 0.15) is 0 Å². The van der Waals surface area contributed by atoms with Crippen molar-refractivity contribution in [1.82, 2.24) is 15.2 Å². The first-order valence-electron chi connectivity index (χ1n) is 4.99. The second-order valence-corrected chi connectivity index (χ2v) is 3.86.